The van der Waals surface area contributed by atoms with Crippen molar-refractivity contribution in [1.29, 1.82) is 0 Å². The summed E-state index contributed by atoms with van der Waals surface area (Å²) in [6, 6.07) is 0. The Morgan fingerprint density at radius 2 is 1.71 bits per heavy atom. The van der Waals surface area contributed by atoms with Gasteiger partial charge in [-0.25, -0.2) is 4.79 Å². The van der Waals surface area contributed by atoms with Crippen LogP contribution in [0, 0.1) is 0 Å². The Labute approximate surface area is 97.1 Å². The van der Waals surface area contributed by atoms with Gasteiger partial charge < -0.3 is 5.11 Å². The van der Waals surface area contributed by atoms with E-state index >= 15 is 0 Å². The van der Waals surface area contributed by atoms with Crippen molar-refractivity contribution in [2.24, 2.45) is 10.2 Å². The topological polar surface area (TPSA) is 62.0 Å². The second-order valence-corrected chi connectivity index (χ2v) is 3.67. The number of nitrogens with zero attached hydrogens (tertiary/aromatic N) is 2. The molecule has 4 nitrogen and oxygen atoms in total. The van der Waals surface area contributed by atoms with Gasteiger partial charge in [-0.2, -0.15) is 31.5 Å². The zero-order valence-corrected chi connectivity index (χ0v) is 8.98. The standard InChI is InChI=1S/C6HBrF6N2O2/c7-1-2(5(8,9)10)14-15-4(1,3(16)17)6(11,12)13/h(H,16,17). The van der Waals surface area contributed by atoms with E-state index in [0.29, 0.717) is 0 Å². The molecule has 0 fully saturated rings. The van der Waals surface area contributed by atoms with Gasteiger partial charge in [0.05, 0.1) is 4.48 Å². The van der Waals surface area contributed by atoms with E-state index in [-0.39, 0.29) is 0 Å². The summed E-state index contributed by atoms with van der Waals surface area (Å²) >= 11 is 1.97. The van der Waals surface area contributed by atoms with Crippen LogP contribution in [-0.4, -0.2) is 29.0 Å². The molecule has 0 bridgehead atoms. The number of rotatable bonds is 1. The lowest BCUT2D eigenvalue weighted by atomic mass is 9.99. The predicted molar refractivity (Wildman–Crippen MR) is 43.3 cm³/mol. The van der Waals surface area contributed by atoms with Gasteiger partial charge in [-0.1, -0.05) is 0 Å². The molecule has 0 saturated carbocycles. The molecule has 0 spiro atoms. The Kier molecular flexibility index (Phi) is 3.02. The van der Waals surface area contributed by atoms with E-state index in [1.165, 1.54) is 0 Å². The van der Waals surface area contributed by atoms with Crippen LogP contribution in [0.5, 0.6) is 0 Å². The summed E-state index contributed by atoms with van der Waals surface area (Å²) in [5.74, 6) is -2.60. The fourth-order valence-electron chi connectivity index (χ4n) is 1.00. The molecule has 1 atom stereocenters. The van der Waals surface area contributed by atoms with Crippen LogP contribution in [0.4, 0.5) is 26.3 Å². The maximum absolute atomic E-state index is 12.5. The van der Waals surface area contributed by atoms with Gasteiger partial charge in [0, 0.05) is 0 Å². The van der Waals surface area contributed by atoms with Crippen molar-refractivity contribution in [2.45, 2.75) is 17.9 Å². The molecule has 11 heteroatoms. The van der Waals surface area contributed by atoms with E-state index in [9.17, 15) is 31.1 Å². The number of carboxylic acid groups (broad SMARTS) is 1. The Balaban J connectivity index is 3.48. The number of aliphatic carboxylic acids is 1. The Morgan fingerprint density at radius 3 is 1.88 bits per heavy atom. The molecule has 1 N–H and O–H groups in total. The molecule has 0 aromatic rings. The first-order chi connectivity index (χ1) is 7.44. The van der Waals surface area contributed by atoms with Crippen molar-refractivity contribution in [2.75, 3.05) is 0 Å². The van der Waals surface area contributed by atoms with E-state index in [0.717, 1.165) is 0 Å². The maximum atomic E-state index is 12.5. The van der Waals surface area contributed by atoms with Crippen LogP contribution < -0.4 is 0 Å². The number of alkyl halides is 6. The summed E-state index contributed by atoms with van der Waals surface area (Å²) in [7, 11) is 0. The highest BCUT2D eigenvalue weighted by atomic mass is 79.9. The SMILES string of the molecule is O=C(O)C1(C(F)(F)F)N=NC(C(F)(F)F)=C1Br. The molecule has 0 radical (unpaired) electrons. The molecule has 1 aliphatic rings. The Bertz CT molecular complexity index is 425. The highest BCUT2D eigenvalue weighted by molar-refractivity contribution is 9.11. The first kappa shape index (κ1) is 13.9. The molecule has 1 rings (SSSR count). The minimum Gasteiger partial charge on any atom is -0.479 e. The molecule has 0 amide bonds. The lowest BCUT2D eigenvalue weighted by Gasteiger charge is -2.23. The zero-order valence-electron chi connectivity index (χ0n) is 7.40. The number of hydrogen-bond donors (Lipinski definition) is 1. The summed E-state index contributed by atoms with van der Waals surface area (Å²) in [6.07, 6.45) is -10.8. The van der Waals surface area contributed by atoms with Crippen LogP contribution in [0.3, 0.4) is 0 Å². The third-order valence-electron chi connectivity index (χ3n) is 1.81. The van der Waals surface area contributed by atoms with Gasteiger partial charge in [-0.15, -0.1) is 5.11 Å². The normalized spacial score (nSPS) is 25.6. The van der Waals surface area contributed by atoms with E-state index in [1.54, 1.807) is 0 Å². The summed E-state index contributed by atoms with van der Waals surface area (Å²) in [4.78, 5) is 10.5. The van der Waals surface area contributed by atoms with Crippen molar-refractivity contribution >= 4 is 21.9 Å². The number of hydrogen-bond acceptors (Lipinski definition) is 3. The van der Waals surface area contributed by atoms with Crippen LogP contribution in [-0.2, 0) is 4.79 Å². The van der Waals surface area contributed by atoms with Crippen molar-refractivity contribution in [3.05, 3.63) is 10.2 Å². The monoisotopic (exact) mass is 326 g/mol. The molecule has 96 valence electrons. The van der Waals surface area contributed by atoms with Gasteiger partial charge in [0.2, 0.25) is 0 Å². The van der Waals surface area contributed by atoms with Crippen molar-refractivity contribution < 1.29 is 36.2 Å². The molecule has 1 heterocycles. The second kappa shape index (κ2) is 3.68. The minimum atomic E-state index is -5.55. The molecular formula is C6HBrF6N2O2. The first-order valence-corrected chi connectivity index (χ1v) is 4.44. The summed E-state index contributed by atoms with van der Waals surface area (Å²) in [6.45, 7) is 0. The number of azo groups is 1. The van der Waals surface area contributed by atoms with Crippen LogP contribution in [0.1, 0.15) is 0 Å². The van der Waals surface area contributed by atoms with Crippen molar-refractivity contribution in [1.82, 2.24) is 0 Å². The average Bonchev–Trinajstić information content (AvgIpc) is 2.40. The smallest absolute Gasteiger partial charge is 0.436 e. The van der Waals surface area contributed by atoms with Crippen molar-refractivity contribution in [3.63, 3.8) is 0 Å². The van der Waals surface area contributed by atoms with Crippen LogP contribution in [0.15, 0.2) is 20.4 Å². The second-order valence-electron chi connectivity index (χ2n) is 2.87. The summed E-state index contributed by atoms with van der Waals surface area (Å²) < 4.78 is 72.5. The van der Waals surface area contributed by atoms with Gasteiger partial charge in [-0.05, 0) is 15.9 Å². The highest BCUT2D eigenvalue weighted by Crippen LogP contribution is 2.50. The number of halogens is 7. The lowest BCUT2D eigenvalue weighted by Crippen LogP contribution is -2.50. The fraction of sp³-hybridized carbons (Fsp3) is 0.500. The predicted octanol–water partition coefficient (Wildman–Crippen LogP) is 3.01. The minimum absolute atomic E-state index is 1.68. The summed E-state index contributed by atoms with van der Waals surface area (Å²) in [5.41, 5.74) is -6.05. The van der Waals surface area contributed by atoms with Gasteiger partial charge in [0.25, 0.3) is 0 Å². The van der Waals surface area contributed by atoms with E-state index in [1.807, 2.05) is 15.9 Å². The molecule has 0 saturated heterocycles. The van der Waals surface area contributed by atoms with Crippen LogP contribution >= 0.6 is 15.9 Å². The van der Waals surface area contributed by atoms with Gasteiger partial charge in [0.15, 0.2) is 5.70 Å². The van der Waals surface area contributed by atoms with Gasteiger partial charge in [0.1, 0.15) is 0 Å². The molecule has 0 aliphatic carbocycles. The number of carbonyl (C=O) groups is 1. The van der Waals surface area contributed by atoms with E-state index in [2.05, 4.69) is 10.2 Å². The zero-order chi connectivity index (χ0) is 13.6. The van der Waals surface area contributed by atoms with E-state index < -0.39 is 34.0 Å². The highest BCUT2D eigenvalue weighted by Gasteiger charge is 2.68. The molecule has 0 aromatic carbocycles. The average molecular weight is 327 g/mol. The number of allylic oxidation sites excluding steroid dienone is 1. The van der Waals surface area contributed by atoms with Gasteiger partial charge in [-0.3, -0.25) is 0 Å². The molecule has 1 unspecified atom stereocenters. The first-order valence-electron chi connectivity index (χ1n) is 3.65. The number of carboxylic acids is 1. The third kappa shape index (κ3) is 1.91. The van der Waals surface area contributed by atoms with Crippen molar-refractivity contribution in [3.8, 4) is 0 Å². The fourth-order valence-corrected chi connectivity index (χ4v) is 1.78. The molecular weight excluding hydrogens is 326 g/mol. The quantitative estimate of drug-likeness (QED) is 0.753. The largest absolute Gasteiger partial charge is 0.479 e. The van der Waals surface area contributed by atoms with Crippen LogP contribution in [0.25, 0.3) is 0 Å². The molecule has 17 heavy (non-hydrogen) atoms. The van der Waals surface area contributed by atoms with Gasteiger partial charge >= 0.3 is 23.9 Å². The van der Waals surface area contributed by atoms with E-state index in [4.69, 9.17) is 5.11 Å². The van der Waals surface area contributed by atoms with Crippen LogP contribution in [0.2, 0.25) is 0 Å². The Morgan fingerprint density at radius 1 is 1.24 bits per heavy atom. The third-order valence-corrected chi connectivity index (χ3v) is 2.76. The molecule has 0 aromatic heterocycles. The summed E-state index contributed by atoms with van der Waals surface area (Å²) in [5, 5.41) is 12.9. The molecule has 1 aliphatic heterocycles. The maximum Gasteiger partial charge on any atom is 0.436 e. The Hall–Kier alpha value is -1.13. The lowest BCUT2D eigenvalue weighted by molar-refractivity contribution is -0.191.